The van der Waals surface area contributed by atoms with Gasteiger partial charge < -0.3 is 10.4 Å². The van der Waals surface area contributed by atoms with Crippen molar-refractivity contribution in [1.82, 2.24) is 10.2 Å². The van der Waals surface area contributed by atoms with Crippen molar-refractivity contribution < 1.29 is 9.90 Å². The van der Waals surface area contributed by atoms with Crippen molar-refractivity contribution >= 4 is 5.97 Å². The van der Waals surface area contributed by atoms with E-state index >= 15 is 0 Å². The number of rotatable bonds is 2. The lowest BCUT2D eigenvalue weighted by molar-refractivity contribution is -0.139. The first kappa shape index (κ1) is 12.5. The van der Waals surface area contributed by atoms with Crippen molar-refractivity contribution in [2.24, 2.45) is 0 Å². The Labute approximate surface area is 91.6 Å². The lowest BCUT2D eigenvalue weighted by Crippen LogP contribution is -2.62. The summed E-state index contributed by atoms with van der Waals surface area (Å²) in [6.07, 6.45) is 0.217. The SMILES string of the molecule is CC1CNCC(CC(=O)O)N1C(C)(C)C. The van der Waals surface area contributed by atoms with Crippen LogP contribution in [0.3, 0.4) is 0 Å². The van der Waals surface area contributed by atoms with Crippen LogP contribution in [0.5, 0.6) is 0 Å². The smallest absolute Gasteiger partial charge is 0.304 e. The van der Waals surface area contributed by atoms with Gasteiger partial charge in [-0.05, 0) is 27.7 Å². The van der Waals surface area contributed by atoms with Crippen molar-refractivity contribution in [1.29, 1.82) is 0 Å². The minimum Gasteiger partial charge on any atom is -0.481 e. The Balaban J connectivity index is 2.77. The molecule has 1 heterocycles. The molecule has 0 spiro atoms. The van der Waals surface area contributed by atoms with Gasteiger partial charge in [-0.3, -0.25) is 9.69 Å². The average Bonchev–Trinajstić information content (AvgIpc) is 1.99. The first-order valence-electron chi connectivity index (χ1n) is 5.53. The van der Waals surface area contributed by atoms with Gasteiger partial charge >= 0.3 is 5.97 Å². The maximum absolute atomic E-state index is 10.8. The lowest BCUT2D eigenvalue weighted by Gasteiger charge is -2.48. The zero-order valence-corrected chi connectivity index (χ0v) is 10.1. The van der Waals surface area contributed by atoms with Gasteiger partial charge in [0, 0.05) is 30.7 Å². The van der Waals surface area contributed by atoms with Crippen molar-refractivity contribution in [2.75, 3.05) is 13.1 Å². The summed E-state index contributed by atoms with van der Waals surface area (Å²) in [6, 6.07) is 0.495. The van der Waals surface area contributed by atoms with E-state index < -0.39 is 5.97 Å². The second kappa shape index (κ2) is 4.49. The molecule has 0 aliphatic carbocycles. The summed E-state index contributed by atoms with van der Waals surface area (Å²) in [4.78, 5) is 13.1. The predicted molar refractivity (Wildman–Crippen MR) is 60.0 cm³/mol. The van der Waals surface area contributed by atoms with Gasteiger partial charge in [-0.1, -0.05) is 0 Å². The van der Waals surface area contributed by atoms with Gasteiger partial charge in [-0.25, -0.2) is 0 Å². The average molecular weight is 214 g/mol. The maximum atomic E-state index is 10.8. The lowest BCUT2D eigenvalue weighted by atomic mass is 9.95. The van der Waals surface area contributed by atoms with Crippen LogP contribution in [0.2, 0.25) is 0 Å². The molecule has 2 atom stereocenters. The number of carboxylic acids is 1. The molecule has 88 valence electrons. The largest absolute Gasteiger partial charge is 0.481 e. The van der Waals surface area contributed by atoms with Crippen molar-refractivity contribution in [2.45, 2.75) is 51.7 Å². The summed E-state index contributed by atoms with van der Waals surface area (Å²) in [5.41, 5.74) is 0.0294. The van der Waals surface area contributed by atoms with E-state index in [0.29, 0.717) is 6.04 Å². The fourth-order valence-corrected chi connectivity index (χ4v) is 2.60. The van der Waals surface area contributed by atoms with Crippen LogP contribution in [-0.4, -0.2) is 46.7 Å². The number of hydrogen-bond donors (Lipinski definition) is 2. The van der Waals surface area contributed by atoms with Crippen LogP contribution in [0, 0.1) is 0 Å². The normalized spacial score (nSPS) is 29.1. The van der Waals surface area contributed by atoms with E-state index in [-0.39, 0.29) is 18.0 Å². The van der Waals surface area contributed by atoms with E-state index in [4.69, 9.17) is 5.11 Å². The second-order valence-corrected chi connectivity index (χ2v) is 5.34. The summed E-state index contributed by atoms with van der Waals surface area (Å²) in [5, 5.41) is 12.2. The van der Waals surface area contributed by atoms with Gasteiger partial charge in [0.05, 0.1) is 6.42 Å². The number of carboxylic acid groups (broad SMARTS) is 1. The predicted octanol–water partition coefficient (Wildman–Crippen LogP) is 0.922. The zero-order valence-electron chi connectivity index (χ0n) is 10.1. The van der Waals surface area contributed by atoms with Crippen LogP contribution < -0.4 is 5.32 Å². The van der Waals surface area contributed by atoms with Crippen LogP contribution >= 0.6 is 0 Å². The number of nitrogens with one attached hydrogen (secondary N) is 1. The molecule has 2 unspecified atom stereocenters. The Hall–Kier alpha value is -0.610. The molecule has 0 saturated carbocycles. The van der Waals surface area contributed by atoms with Crippen LogP contribution in [0.1, 0.15) is 34.1 Å². The monoisotopic (exact) mass is 214 g/mol. The third kappa shape index (κ3) is 3.18. The summed E-state index contributed by atoms with van der Waals surface area (Å²) in [6.45, 7) is 10.3. The Morgan fingerprint density at radius 3 is 2.53 bits per heavy atom. The highest BCUT2D eigenvalue weighted by molar-refractivity contribution is 5.67. The van der Waals surface area contributed by atoms with Crippen molar-refractivity contribution in [3.63, 3.8) is 0 Å². The highest BCUT2D eigenvalue weighted by Crippen LogP contribution is 2.24. The minimum atomic E-state index is -0.717. The summed E-state index contributed by atoms with van der Waals surface area (Å²) < 4.78 is 0. The molecule has 0 radical (unpaired) electrons. The molecule has 4 nitrogen and oxygen atoms in total. The molecule has 15 heavy (non-hydrogen) atoms. The Bertz CT molecular complexity index is 235. The molecule has 1 rings (SSSR count). The topological polar surface area (TPSA) is 52.6 Å². The highest BCUT2D eigenvalue weighted by Gasteiger charge is 2.36. The third-order valence-corrected chi connectivity index (χ3v) is 2.87. The van der Waals surface area contributed by atoms with E-state index in [1.807, 2.05) is 0 Å². The van der Waals surface area contributed by atoms with E-state index in [1.54, 1.807) is 0 Å². The van der Waals surface area contributed by atoms with Gasteiger partial charge in [-0.2, -0.15) is 0 Å². The molecule has 1 aliphatic rings. The van der Waals surface area contributed by atoms with Crippen LogP contribution in [-0.2, 0) is 4.79 Å². The molecule has 0 aromatic carbocycles. The van der Waals surface area contributed by atoms with Crippen LogP contribution in [0.4, 0.5) is 0 Å². The number of hydrogen-bond acceptors (Lipinski definition) is 3. The Morgan fingerprint density at radius 1 is 1.47 bits per heavy atom. The highest BCUT2D eigenvalue weighted by atomic mass is 16.4. The molecular formula is C11H22N2O2. The van der Waals surface area contributed by atoms with Gasteiger partial charge in [0.2, 0.25) is 0 Å². The standard InChI is InChI=1S/C11H22N2O2/c1-8-6-12-7-9(5-10(14)15)13(8)11(2,3)4/h8-9,12H,5-7H2,1-4H3,(H,14,15). The van der Waals surface area contributed by atoms with Crippen molar-refractivity contribution in [3.05, 3.63) is 0 Å². The van der Waals surface area contributed by atoms with E-state index in [0.717, 1.165) is 13.1 Å². The maximum Gasteiger partial charge on any atom is 0.304 e. The number of carbonyl (C=O) groups is 1. The quantitative estimate of drug-likeness (QED) is 0.718. The van der Waals surface area contributed by atoms with E-state index in [9.17, 15) is 4.79 Å². The Kier molecular flexibility index (Phi) is 3.73. The number of nitrogens with zero attached hydrogens (tertiary/aromatic N) is 1. The molecule has 4 heteroatoms. The minimum absolute atomic E-state index is 0.0294. The fraction of sp³-hybridized carbons (Fsp3) is 0.909. The van der Waals surface area contributed by atoms with Gasteiger partial charge in [-0.15, -0.1) is 0 Å². The molecule has 1 saturated heterocycles. The zero-order chi connectivity index (χ0) is 11.6. The third-order valence-electron chi connectivity index (χ3n) is 2.87. The first-order valence-corrected chi connectivity index (χ1v) is 5.53. The van der Waals surface area contributed by atoms with Crippen LogP contribution in [0.15, 0.2) is 0 Å². The van der Waals surface area contributed by atoms with Gasteiger partial charge in [0.25, 0.3) is 0 Å². The van der Waals surface area contributed by atoms with Gasteiger partial charge in [0.15, 0.2) is 0 Å². The summed E-state index contributed by atoms with van der Waals surface area (Å²) in [5.74, 6) is -0.717. The number of piperazine rings is 1. The molecule has 1 aliphatic heterocycles. The molecule has 0 amide bonds. The molecule has 1 fully saturated rings. The van der Waals surface area contributed by atoms with E-state index in [1.165, 1.54) is 0 Å². The van der Waals surface area contributed by atoms with E-state index in [2.05, 4.69) is 37.9 Å². The molecular weight excluding hydrogens is 192 g/mol. The van der Waals surface area contributed by atoms with Gasteiger partial charge in [0.1, 0.15) is 0 Å². The van der Waals surface area contributed by atoms with Crippen molar-refractivity contribution in [3.8, 4) is 0 Å². The molecule has 0 bridgehead atoms. The molecule has 0 aromatic heterocycles. The number of aliphatic carboxylic acids is 1. The summed E-state index contributed by atoms with van der Waals surface area (Å²) >= 11 is 0. The Morgan fingerprint density at radius 2 is 2.07 bits per heavy atom. The second-order valence-electron chi connectivity index (χ2n) is 5.34. The summed E-state index contributed by atoms with van der Waals surface area (Å²) in [7, 11) is 0. The van der Waals surface area contributed by atoms with Crippen LogP contribution in [0.25, 0.3) is 0 Å². The fourth-order valence-electron chi connectivity index (χ4n) is 2.60. The molecule has 0 aromatic rings. The first-order chi connectivity index (χ1) is 6.82. The molecule has 2 N–H and O–H groups in total.